The van der Waals surface area contributed by atoms with Crippen molar-refractivity contribution in [2.75, 3.05) is 0 Å². The van der Waals surface area contributed by atoms with Gasteiger partial charge in [-0.1, -0.05) is 131 Å². The smallest absolute Gasteiger partial charge is 0.146 e. The number of rotatable bonds is 6. The SMILES string of the molecule is CC(C)[Si](C#Cc1c2ccc3ccc(F)cc3c2c(C#C[Si](C(C)C)(C(C)C)C(C)C)c2ccc3ccc(F)cc3c12)(C(C)C)C(C)C. The van der Waals surface area contributed by atoms with Gasteiger partial charge in [-0.25, -0.2) is 8.78 Å². The van der Waals surface area contributed by atoms with Crippen LogP contribution in [-0.4, -0.2) is 16.1 Å². The molecular formula is C44H52F2Si2. The van der Waals surface area contributed by atoms with Crippen LogP contribution in [-0.2, 0) is 0 Å². The van der Waals surface area contributed by atoms with Crippen LogP contribution in [0, 0.1) is 34.6 Å². The molecule has 0 aliphatic rings. The quantitative estimate of drug-likeness (QED) is 0.0728. The predicted molar refractivity (Wildman–Crippen MR) is 212 cm³/mol. The van der Waals surface area contributed by atoms with Crippen LogP contribution in [0.5, 0.6) is 0 Å². The van der Waals surface area contributed by atoms with Crippen LogP contribution >= 0.6 is 0 Å². The summed E-state index contributed by atoms with van der Waals surface area (Å²) >= 11 is 0. The lowest BCUT2D eigenvalue weighted by Gasteiger charge is -2.38. The van der Waals surface area contributed by atoms with E-state index in [0.717, 1.165) is 54.2 Å². The molecule has 0 aliphatic carbocycles. The summed E-state index contributed by atoms with van der Waals surface area (Å²) in [5.41, 5.74) is 12.5. The maximum Gasteiger partial charge on any atom is 0.146 e. The summed E-state index contributed by atoms with van der Waals surface area (Å²) in [6.45, 7) is 27.9. The van der Waals surface area contributed by atoms with Gasteiger partial charge in [0.1, 0.15) is 27.8 Å². The molecule has 0 saturated carbocycles. The Balaban J connectivity index is 2.11. The molecule has 0 aliphatic heterocycles. The molecule has 0 fully saturated rings. The highest BCUT2D eigenvalue weighted by Gasteiger charge is 2.43. The largest absolute Gasteiger partial charge is 0.207 e. The topological polar surface area (TPSA) is 0 Å². The number of benzene rings is 5. The van der Waals surface area contributed by atoms with Gasteiger partial charge in [0, 0.05) is 21.9 Å². The molecule has 0 unspecified atom stereocenters. The van der Waals surface area contributed by atoms with Gasteiger partial charge >= 0.3 is 0 Å². The van der Waals surface area contributed by atoms with Crippen molar-refractivity contribution in [2.24, 2.45) is 0 Å². The summed E-state index contributed by atoms with van der Waals surface area (Å²) in [7, 11) is -4.27. The molecule has 0 nitrogen and oxygen atoms in total. The summed E-state index contributed by atoms with van der Waals surface area (Å²) < 4.78 is 30.3. The van der Waals surface area contributed by atoms with Crippen molar-refractivity contribution in [2.45, 2.75) is 116 Å². The Labute approximate surface area is 289 Å². The third-order valence-corrected chi connectivity index (χ3v) is 24.1. The van der Waals surface area contributed by atoms with E-state index in [-0.39, 0.29) is 11.6 Å². The van der Waals surface area contributed by atoms with Crippen LogP contribution in [0.3, 0.4) is 0 Å². The Bertz CT molecular complexity index is 1950. The maximum absolute atomic E-state index is 15.1. The average Bonchev–Trinajstić information content (AvgIpc) is 3.00. The average molecular weight is 675 g/mol. The Morgan fingerprint density at radius 3 is 1.00 bits per heavy atom. The molecule has 0 heterocycles. The van der Waals surface area contributed by atoms with E-state index in [4.69, 9.17) is 0 Å². The molecule has 5 rings (SSSR count). The molecule has 0 aromatic heterocycles. The van der Waals surface area contributed by atoms with E-state index in [1.165, 1.54) is 12.1 Å². The lowest BCUT2D eigenvalue weighted by molar-refractivity contribution is 0.629. The Morgan fingerprint density at radius 2 is 0.708 bits per heavy atom. The molecule has 0 radical (unpaired) electrons. The minimum atomic E-state index is -2.14. The van der Waals surface area contributed by atoms with E-state index < -0.39 is 16.1 Å². The number of hydrogen-bond acceptors (Lipinski definition) is 0. The van der Waals surface area contributed by atoms with E-state index in [2.05, 4.69) is 130 Å². The van der Waals surface area contributed by atoms with Crippen LogP contribution in [0.15, 0.2) is 60.7 Å². The Kier molecular flexibility index (Phi) is 10.1. The molecule has 0 amide bonds. The second kappa shape index (κ2) is 13.5. The first-order valence-corrected chi connectivity index (χ1v) is 22.3. The first-order chi connectivity index (χ1) is 22.6. The van der Waals surface area contributed by atoms with Crippen molar-refractivity contribution in [1.29, 1.82) is 0 Å². The summed E-state index contributed by atoms with van der Waals surface area (Å²) in [5.74, 6) is 7.08. The highest BCUT2D eigenvalue weighted by atomic mass is 28.3. The Morgan fingerprint density at radius 1 is 0.417 bits per heavy atom. The minimum Gasteiger partial charge on any atom is -0.207 e. The molecule has 0 spiro atoms. The van der Waals surface area contributed by atoms with Crippen LogP contribution < -0.4 is 0 Å². The van der Waals surface area contributed by atoms with Gasteiger partial charge in [-0.05, 0) is 89.8 Å². The summed E-state index contributed by atoms with van der Waals surface area (Å²) in [5, 5.41) is 7.41. The normalized spacial score (nSPS) is 12.8. The highest BCUT2D eigenvalue weighted by Crippen LogP contribution is 2.44. The summed E-state index contributed by atoms with van der Waals surface area (Å²) in [6.07, 6.45) is 0. The molecule has 250 valence electrons. The van der Waals surface area contributed by atoms with E-state index in [1.54, 1.807) is 12.1 Å². The van der Waals surface area contributed by atoms with Gasteiger partial charge in [-0.2, -0.15) is 0 Å². The molecule has 0 saturated heterocycles. The van der Waals surface area contributed by atoms with Gasteiger partial charge in [0.2, 0.25) is 0 Å². The fraction of sp³-hybridized carbons (Fsp3) is 0.409. The van der Waals surface area contributed by atoms with Crippen LogP contribution in [0.25, 0.3) is 43.1 Å². The van der Waals surface area contributed by atoms with Gasteiger partial charge in [0.05, 0.1) is 0 Å². The number of fused-ring (bicyclic) bond motifs is 6. The zero-order valence-corrected chi connectivity index (χ0v) is 33.0. The molecule has 5 aromatic rings. The molecule has 0 N–H and O–H groups in total. The molecule has 0 bridgehead atoms. The fourth-order valence-corrected chi connectivity index (χ4v) is 19.7. The molecule has 4 heteroatoms. The van der Waals surface area contributed by atoms with E-state index >= 15 is 8.78 Å². The predicted octanol–water partition coefficient (Wildman–Crippen LogP) is 13.7. The zero-order chi connectivity index (χ0) is 35.3. The highest BCUT2D eigenvalue weighted by molar-refractivity contribution is 6.91. The van der Waals surface area contributed by atoms with Crippen molar-refractivity contribution in [3.05, 3.63) is 83.4 Å². The number of hydrogen-bond donors (Lipinski definition) is 0. The molecule has 0 atom stereocenters. The lowest BCUT2D eigenvalue weighted by Crippen LogP contribution is -2.43. The minimum absolute atomic E-state index is 0.275. The first-order valence-electron chi connectivity index (χ1n) is 17.8. The van der Waals surface area contributed by atoms with Crippen LogP contribution in [0.2, 0.25) is 33.2 Å². The third kappa shape index (κ3) is 5.80. The summed E-state index contributed by atoms with van der Waals surface area (Å²) in [4.78, 5) is 0. The monoisotopic (exact) mass is 674 g/mol. The van der Waals surface area contributed by atoms with Crippen LogP contribution in [0.4, 0.5) is 8.78 Å². The second-order valence-electron chi connectivity index (χ2n) is 15.8. The van der Waals surface area contributed by atoms with E-state index in [0.29, 0.717) is 33.2 Å². The fourth-order valence-electron chi connectivity index (χ4n) is 9.28. The van der Waals surface area contributed by atoms with Crippen molar-refractivity contribution in [3.8, 4) is 22.9 Å². The standard InChI is InChI=1S/C44H52F2Si2/c1-27(2)47(28(3)4,29(5)6)23-21-39-37-19-15-34-14-18-36(46)26-42(34)44(37)40(22-24-48(30(7)8,31(9)10)32(11)12)38-20-16-33-13-17-35(45)25-41(33)43(38)39/h13-20,25-32H,1-12H3. The zero-order valence-electron chi connectivity index (χ0n) is 31.0. The van der Waals surface area contributed by atoms with Crippen molar-refractivity contribution >= 4 is 59.2 Å². The van der Waals surface area contributed by atoms with Crippen molar-refractivity contribution in [3.63, 3.8) is 0 Å². The number of halogens is 2. The molecule has 5 aromatic carbocycles. The van der Waals surface area contributed by atoms with Crippen molar-refractivity contribution in [1.82, 2.24) is 0 Å². The molecule has 48 heavy (non-hydrogen) atoms. The molecular weight excluding hydrogens is 623 g/mol. The van der Waals surface area contributed by atoms with Crippen molar-refractivity contribution < 1.29 is 8.78 Å². The van der Waals surface area contributed by atoms with Gasteiger partial charge in [-0.15, -0.1) is 11.1 Å². The van der Waals surface area contributed by atoms with Gasteiger partial charge in [-0.3, -0.25) is 0 Å². The third-order valence-electron chi connectivity index (χ3n) is 11.5. The second-order valence-corrected chi connectivity index (χ2v) is 26.9. The van der Waals surface area contributed by atoms with E-state index in [1.807, 2.05) is 12.1 Å². The van der Waals surface area contributed by atoms with Gasteiger partial charge in [0.15, 0.2) is 0 Å². The van der Waals surface area contributed by atoms with Crippen LogP contribution in [0.1, 0.15) is 94.2 Å². The van der Waals surface area contributed by atoms with Gasteiger partial charge in [0.25, 0.3) is 0 Å². The van der Waals surface area contributed by atoms with E-state index in [9.17, 15) is 0 Å². The maximum atomic E-state index is 15.1. The Hall–Kier alpha value is -3.45. The lowest BCUT2D eigenvalue weighted by atomic mass is 9.87. The van der Waals surface area contributed by atoms with Gasteiger partial charge < -0.3 is 0 Å². The summed E-state index contributed by atoms with van der Waals surface area (Å²) in [6, 6.07) is 18.5. The first kappa shape index (κ1) is 35.9.